The van der Waals surface area contributed by atoms with E-state index in [9.17, 15) is 4.79 Å². The van der Waals surface area contributed by atoms with Crippen LogP contribution in [0.25, 0.3) is 0 Å². The summed E-state index contributed by atoms with van der Waals surface area (Å²) in [4.78, 5) is 18.0. The second kappa shape index (κ2) is 8.21. The van der Waals surface area contributed by atoms with E-state index in [0.29, 0.717) is 18.3 Å². The predicted molar refractivity (Wildman–Crippen MR) is 101 cm³/mol. The number of carbonyl (C=O) groups excluding carboxylic acids is 1. The Balaban J connectivity index is 1.60. The van der Waals surface area contributed by atoms with Crippen LogP contribution in [-0.2, 0) is 11.3 Å². The highest BCUT2D eigenvalue weighted by atomic mass is 32.2. The fraction of sp³-hybridized carbons (Fsp3) is 0.556. The molecule has 0 radical (unpaired) electrons. The molecule has 4 nitrogen and oxygen atoms in total. The molecule has 0 unspecified atom stereocenters. The number of nitrogens with one attached hydrogen (secondary N) is 1. The Hall–Kier alpha value is -1.27. The Kier molecular flexibility index (Phi) is 6.00. The first-order chi connectivity index (χ1) is 11.6. The summed E-state index contributed by atoms with van der Waals surface area (Å²) in [6.45, 7) is 4.83. The molecule has 3 rings (SSSR count). The molecule has 24 heavy (non-hydrogen) atoms. The van der Waals surface area contributed by atoms with Gasteiger partial charge >= 0.3 is 0 Å². The van der Waals surface area contributed by atoms with Gasteiger partial charge in [-0.3, -0.25) is 4.79 Å². The Morgan fingerprint density at radius 1 is 1.38 bits per heavy atom. The van der Waals surface area contributed by atoms with Gasteiger partial charge in [0.25, 0.3) is 0 Å². The van der Waals surface area contributed by atoms with E-state index >= 15 is 0 Å². The fourth-order valence-corrected chi connectivity index (χ4v) is 4.88. The van der Waals surface area contributed by atoms with Crippen molar-refractivity contribution in [1.82, 2.24) is 14.9 Å². The number of nitrogens with zero attached hydrogens (tertiary/aromatic N) is 2. The molecule has 0 aliphatic heterocycles. The van der Waals surface area contributed by atoms with Gasteiger partial charge in [-0.25, -0.2) is 4.98 Å². The molecule has 0 aromatic carbocycles. The van der Waals surface area contributed by atoms with E-state index in [-0.39, 0.29) is 5.91 Å². The minimum absolute atomic E-state index is 0.0712. The van der Waals surface area contributed by atoms with Crippen LogP contribution in [0.5, 0.6) is 0 Å². The molecule has 0 bridgehead atoms. The van der Waals surface area contributed by atoms with Gasteiger partial charge in [0.05, 0.1) is 18.0 Å². The number of rotatable bonds is 6. The lowest BCUT2D eigenvalue weighted by atomic mass is 9.95. The monoisotopic (exact) mass is 363 g/mol. The number of thiophene rings is 1. The highest BCUT2D eigenvalue weighted by Crippen LogP contribution is 2.34. The molecule has 130 valence electrons. The first-order valence-electron chi connectivity index (χ1n) is 8.62. The third kappa shape index (κ3) is 4.22. The van der Waals surface area contributed by atoms with Crippen molar-refractivity contribution < 1.29 is 4.79 Å². The summed E-state index contributed by atoms with van der Waals surface area (Å²) in [5.74, 6) is 0.496. The summed E-state index contributed by atoms with van der Waals surface area (Å²) in [6.07, 6.45) is 6.40. The van der Waals surface area contributed by atoms with Crippen LogP contribution in [0.3, 0.4) is 0 Å². The number of aromatic nitrogens is 2. The van der Waals surface area contributed by atoms with Crippen LogP contribution in [0, 0.1) is 13.8 Å². The third-order valence-electron chi connectivity index (χ3n) is 4.67. The summed E-state index contributed by atoms with van der Waals surface area (Å²) in [7, 11) is 0. The average Bonchev–Trinajstić information content (AvgIpc) is 3.21. The van der Waals surface area contributed by atoms with Gasteiger partial charge in [0, 0.05) is 16.6 Å². The second-order valence-corrected chi connectivity index (χ2v) is 8.35. The quantitative estimate of drug-likeness (QED) is 0.770. The Labute approximate surface area is 152 Å². The SMILES string of the molecule is Cc1nc(SCC(=O)NCc2cccs2)n(C2CCCCC2)c1C. The van der Waals surface area contributed by atoms with Gasteiger partial charge < -0.3 is 9.88 Å². The number of thioether (sulfide) groups is 1. The van der Waals surface area contributed by atoms with Crippen molar-refractivity contribution in [1.29, 1.82) is 0 Å². The van der Waals surface area contributed by atoms with E-state index in [2.05, 4.69) is 23.7 Å². The van der Waals surface area contributed by atoms with Crippen LogP contribution >= 0.6 is 23.1 Å². The molecule has 0 spiro atoms. The number of hydrogen-bond donors (Lipinski definition) is 1. The Bertz CT molecular complexity index is 673. The van der Waals surface area contributed by atoms with Gasteiger partial charge in [-0.05, 0) is 38.1 Å². The van der Waals surface area contributed by atoms with E-state index < -0.39 is 0 Å². The van der Waals surface area contributed by atoms with Crippen LogP contribution in [0.15, 0.2) is 22.7 Å². The molecule has 1 saturated carbocycles. The summed E-state index contributed by atoms with van der Waals surface area (Å²) in [6, 6.07) is 4.60. The summed E-state index contributed by atoms with van der Waals surface area (Å²) >= 11 is 3.23. The lowest BCUT2D eigenvalue weighted by Gasteiger charge is -2.26. The van der Waals surface area contributed by atoms with Crippen LogP contribution < -0.4 is 5.32 Å². The van der Waals surface area contributed by atoms with Crippen LogP contribution in [0.1, 0.15) is 54.4 Å². The minimum atomic E-state index is 0.0712. The molecule has 6 heteroatoms. The Morgan fingerprint density at radius 2 is 2.17 bits per heavy atom. The summed E-state index contributed by atoms with van der Waals surface area (Å²) < 4.78 is 2.38. The highest BCUT2D eigenvalue weighted by Gasteiger charge is 2.22. The van der Waals surface area contributed by atoms with Crippen molar-refractivity contribution in [2.24, 2.45) is 0 Å². The van der Waals surface area contributed by atoms with E-state index in [1.54, 1.807) is 23.1 Å². The molecule has 1 fully saturated rings. The van der Waals surface area contributed by atoms with E-state index in [0.717, 1.165) is 10.9 Å². The van der Waals surface area contributed by atoms with Crippen molar-refractivity contribution in [2.75, 3.05) is 5.75 Å². The van der Waals surface area contributed by atoms with Gasteiger partial charge in [-0.15, -0.1) is 11.3 Å². The highest BCUT2D eigenvalue weighted by molar-refractivity contribution is 7.99. The number of amides is 1. The summed E-state index contributed by atoms with van der Waals surface area (Å²) in [5.41, 5.74) is 2.34. The van der Waals surface area contributed by atoms with Crippen molar-refractivity contribution in [3.8, 4) is 0 Å². The molecular weight excluding hydrogens is 338 g/mol. The van der Waals surface area contributed by atoms with Crippen molar-refractivity contribution >= 4 is 29.0 Å². The maximum absolute atomic E-state index is 12.1. The first kappa shape index (κ1) is 17.5. The third-order valence-corrected chi connectivity index (χ3v) is 6.50. The topological polar surface area (TPSA) is 46.9 Å². The van der Waals surface area contributed by atoms with Crippen molar-refractivity contribution in [3.05, 3.63) is 33.8 Å². The number of imidazole rings is 1. The van der Waals surface area contributed by atoms with Crippen LogP contribution in [-0.4, -0.2) is 21.2 Å². The van der Waals surface area contributed by atoms with Gasteiger partial charge in [0.2, 0.25) is 5.91 Å². The smallest absolute Gasteiger partial charge is 0.230 e. The predicted octanol–water partition coefficient (Wildman–Crippen LogP) is 4.48. The molecule has 0 atom stereocenters. The zero-order valence-electron chi connectivity index (χ0n) is 14.4. The zero-order valence-corrected chi connectivity index (χ0v) is 16.0. The van der Waals surface area contributed by atoms with Gasteiger partial charge in [-0.2, -0.15) is 0 Å². The van der Waals surface area contributed by atoms with Crippen molar-refractivity contribution in [3.63, 3.8) is 0 Å². The standard InChI is InChI=1S/C18H25N3OS2/c1-13-14(2)21(15-7-4-3-5-8-15)18(20-13)24-12-17(22)19-11-16-9-6-10-23-16/h6,9-10,15H,3-5,7-8,11-12H2,1-2H3,(H,19,22). The normalized spacial score (nSPS) is 15.6. The first-order valence-corrected chi connectivity index (χ1v) is 10.5. The number of carbonyl (C=O) groups is 1. The maximum Gasteiger partial charge on any atom is 0.230 e. The molecule has 2 heterocycles. The van der Waals surface area contributed by atoms with Crippen LogP contribution in [0.2, 0.25) is 0 Å². The molecule has 1 aliphatic carbocycles. The fourth-order valence-electron chi connectivity index (χ4n) is 3.25. The molecule has 1 N–H and O–H groups in total. The largest absolute Gasteiger partial charge is 0.350 e. The Morgan fingerprint density at radius 3 is 2.88 bits per heavy atom. The van der Waals surface area contributed by atoms with E-state index in [1.807, 2.05) is 17.5 Å². The van der Waals surface area contributed by atoms with Gasteiger partial charge in [0.1, 0.15) is 0 Å². The van der Waals surface area contributed by atoms with Gasteiger partial charge in [-0.1, -0.05) is 37.1 Å². The minimum Gasteiger partial charge on any atom is -0.350 e. The summed E-state index contributed by atoms with van der Waals surface area (Å²) in [5, 5.41) is 6.02. The lowest BCUT2D eigenvalue weighted by Crippen LogP contribution is -2.24. The molecular formula is C18H25N3OS2. The number of hydrogen-bond acceptors (Lipinski definition) is 4. The van der Waals surface area contributed by atoms with E-state index in [4.69, 9.17) is 4.98 Å². The van der Waals surface area contributed by atoms with Crippen LogP contribution in [0.4, 0.5) is 0 Å². The second-order valence-electron chi connectivity index (χ2n) is 6.37. The molecule has 1 aliphatic rings. The molecule has 0 saturated heterocycles. The molecule has 2 aromatic heterocycles. The molecule has 1 amide bonds. The van der Waals surface area contributed by atoms with Crippen molar-refractivity contribution in [2.45, 2.75) is 63.7 Å². The number of aryl methyl sites for hydroxylation is 1. The maximum atomic E-state index is 12.1. The molecule has 2 aromatic rings. The lowest BCUT2D eigenvalue weighted by molar-refractivity contribution is -0.118. The average molecular weight is 364 g/mol. The van der Waals surface area contributed by atoms with E-state index in [1.165, 1.54) is 42.7 Å². The van der Waals surface area contributed by atoms with Gasteiger partial charge in [0.15, 0.2) is 5.16 Å². The zero-order chi connectivity index (χ0) is 16.9.